The summed E-state index contributed by atoms with van der Waals surface area (Å²) in [6.07, 6.45) is 1.72. The molecule has 0 aliphatic heterocycles. The van der Waals surface area contributed by atoms with Gasteiger partial charge < -0.3 is 18.8 Å². The van der Waals surface area contributed by atoms with Gasteiger partial charge in [0.15, 0.2) is 0 Å². The van der Waals surface area contributed by atoms with Gasteiger partial charge in [-0.3, -0.25) is 0 Å². The molecule has 3 rings (SSSR count). The van der Waals surface area contributed by atoms with E-state index in [1.54, 1.807) is 14.2 Å². The Morgan fingerprint density at radius 2 is 1.42 bits per heavy atom. The van der Waals surface area contributed by atoms with Crippen LogP contribution in [0.15, 0.2) is 54.9 Å². The van der Waals surface area contributed by atoms with Gasteiger partial charge in [0.25, 0.3) is 0 Å². The summed E-state index contributed by atoms with van der Waals surface area (Å²) < 4.78 is 18.4. The fourth-order valence-corrected chi connectivity index (χ4v) is 2.95. The van der Waals surface area contributed by atoms with Crippen LogP contribution in [0.1, 0.15) is 20.1 Å². The maximum Gasteiger partial charge on any atom is 0.132 e. The van der Waals surface area contributed by atoms with E-state index in [4.69, 9.17) is 14.2 Å². The SMILES string of the molecule is CCOC(C)n1cnc(-c2ccc(OC)cc2)c1-c1ccc(OC)cc1. The van der Waals surface area contributed by atoms with Gasteiger partial charge in [0.05, 0.1) is 31.9 Å². The molecule has 0 radical (unpaired) electrons. The maximum absolute atomic E-state index is 5.80. The number of hydrogen-bond acceptors (Lipinski definition) is 4. The molecule has 0 N–H and O–H groups in total. The van der Waals surface area contributed by atoms with Crippen molar-refractivity contribution in [3.8, 4) is 34.0 Å². The van der Waals surface area contributed by atoms with E-state index >= 15 is 0 Å². The number of nitrogens with zero attached hydrogens (tertiary/aromatic N) is 2. The molecular formula is C21H24N2O3. The van der Waals surface area contributed by atoms with Gasteiger partial charge in [-0.25, -0.2) is 4.98 Å². The minimum atomic E-state index is -0.114. The molecule has 1 aromatic heterocycles. The van der Waals surface area contributed by atoms with Crippen LogP contribution in [0.4, 0.5) is 0 Å². The molecule has 0 bridgehead atoms. The van der Waals surface area contributed by atoms with Gasteiger partial charge in [-0.1, -0.05) is 0 Å². The lowest BCUT2D eigenvalue weighted by molar-refractivity contribution is 0.0259. The van der Waals surface area contributed by atoms with Crippen LogP contribution >= 0.6 is 0 Å². The van der Waals surface area contributed by atoms with E-state index in [-0.39, 0.29) is 6.23 Å². The lowest BCUT2D eigenvalue weighted by Gasteiger charge is -2.18. The summed E-state index contributed by atoms with van der Waals surface area (Å²) >= 11 is 0. The summed E-state index contributed by atoms with van der Waals surface area (Å²) in [7, 11) is 3.33. The number of ether oxygens (including phenoxy) is 3. The molecule has 136 valence electrons. The summed E-state index contributed by atoms with van der Waals surface area (Å²) in [5.41, 5.74) is 4.00. The van der Waals surface area contributed by atoms with Gasteiger partial charge in [0.2, 0.25) is 0 Å². The van der Waals surface area contributed by atoms with Crippen molar-refractivity contribution in [2.45, 2.75) is 20.1 Å². The number of aromatic nitrogens is 2. The molecule has 2 aromatic carbocycles. The van der Waals surface area contributed by atoms with Crippen molar-refractivity contribution in [2.24, 2.45) is 0 Å². The van der Waals surface area contributed by atoms with Gasteiger partial charge in [0, 0.05) is 17.7 Å². The smallest absolute Gasteiger partial charge is 0.132 e. The van der Waals surface area contributed by atoms with E-state index < -0.39 is 0 Å². The number of methoxy groups -OCH3 is 2. The van der Waals surface area contributed by atoms with E-state index in [1.165, 1.54) is 0 Å². The first-order chi connectivity index (χ1) is 12.7. The van der Waals surface area contributed by atoms with Gasteiger partial charge in [0.1, 0.15) is 17.7 Å². The molecule has 1 heterocycles. The molecule has 0 saturated heterocycles. The molecule has 0 saturated carbocycles. The minimum absolute atomic E-state index is 0.114. The summed E-state index contributed by atoms with van der Waals surface area (Å²) in [6, 6.07) is 15.9. The van der Waals surface area contributed by atoms with Crippen molar-refractivity contribution in [3.05, 3.63) is 54.9 Å². The monoisotopic (exact) mass is 352 g/mol. The fourth-order valence-electron chi connectivity index (χ4n) is 2.95. The molecule has 5 heteroatoms. The van der Waals surface area contributed by atoms with Crippen LogP contribution in [-0.2, 0) is 4.74 Å². The maximum atomic E-state index is 5.80. The van der Waals surface area contributed by atoms with E-state index in [2.05, 4.69) is 9.55 Å². The van der Waals surface area contributed by atoms with Crippen molar-refractivity contribution < 1.29 is 14.2 Å². The second-order valence-corrected chi connectivity index (χ2v) is 5.86. The molecule has 1 unspecified atom stereocenters. The van der Waals surface area contributed by atoms with Gasteiger partial charge in [-0.05, 0) is 62.4 Å². The van der Waals surface area contributed by atoms with E-state index in [0.717, 1.165) is 34.0 Å². The van der Waals surface area contributed by atoms with Crippen LogP contribution in [0.25, 0.3) is 22.5 Å². The van der Waals surface area contributed by atoms with E-state index in [0.29, 0.717) is 6.61 Å². The normalized spacial score (nSPS) is 12.0. The average molecular weight is 352 g/mol. The zero-order chi connectivity index (χ0) is 18.5. The first kappa shape index (κ1) is 18.0. The topological polar surface area (TPSA) is 45.5 Å². The van der Waals surface area contributed by atoms with Crippen LogP contribution in [0, 0.1) is 0 Å². The van der Waals surface area contributed by atoms with Crippen LogP contribution in [-0.4, -0.2) is 30.4 Å². The molecule has 0 aliphatic rings. The lowest BCUT2D eigenvalue weighted by atomic mass is 10.0. The summed E-state index contributed by atoms with van der Waals surface area (Å²) in [5, 5.41) is 0. The number of benzene rings is 2. The molecule has 0 aliphatic carbocycles. The second kappa shape index (κ2) is 8.06. The molecule has 1 atom stereocenters. The van der Waals surface area contributed by atoms with Gasteiger partial charge >= 0.3 is 0 Å². The Labute approximate surface area is 154 Å². The molecule has 5 nitrogen and oxygen atoms in total. The van der Waals surface area contributed by atoms with Crippen LogP contribution < -0.4 is 9.47 Å². The largest absolute Gasteiger partial charge is 0.497 e. The summed E-state index contributed by atoms with van der Waals surface area (Å²) in [6.45, 7) is 4.65. The summed E-state index contributed by atoms with van der Waals surface area (Å²) in [5.74, 6) is 1.64. The van der Waals surface area contributed by atoms with Crippen molar-refractivity contribution in [3.63, 3.8) is 0 Å². The molecule has 0 spiro atoms. The molecule has 0 amide bonds. The Kier molecular flexibility index (Phi) is 5.58. The third-order valence-electron chi connectivity index (χ3n) is 4.32. The predicted octanol–water partition coefficient (Wildman–Crippen LogP) is 4.79. The Bertz CT molecular complexity index is 839. The highest BCUT2D eigenvalue weighted by molar-refractivity contribution is 5.79. The predicted molar refractivity (Wildman–Crippen MR) is 103 cm³/mol. The number of hydrogen-bond donors (Lipinski definition) is 0. The number of imidazole rings is 1. The Morgan fingerprint density at radius 3 is 1.92 bits per heavy atom. The minimum Gasteiger partial charge on any atom is -0.497 e. The van der Waals surface area contributed by atoms with E-state index in [9.17, 15) is 0 Å². The standard InChI is InChI=1S/C21H24N2O3/c1-5-26-15(2)23-14-22-20(16-6-10-18(24-3)11-7-16)21(23)17-8-12-19(25-4)13-9-17/h6-15H,5H2,1-4H3. The van der Waals surface area contributed by atoms with Crippen molar-refractivity contribution in [1.82, 2.24) is 9.55 Å². The third-order valence-corrected chi connectivity index (χ3v) is 4.32. The van der Waals surface area contributed by atoms with Crippen LogP contribution in [0.3, 0.4) is 0 Å². The third kappa shape index (κ3) is 3.58. The van der Waals surface area contributed by atoms with E-state index in [1.807, 2.05) is 68.7 Å². The Morgan fingerprint density at radius 1 is 0.885 bits per heavy atom. The first-order valence-corrected chi connectivity index (χ1v) is 8.65. The van der Waals surface area contributed by atoms with Gasteiger partial charge in [-0.15, -0.1) is 0 Å². The quantitative estimate of drug-likeness (QED) is 0.613. The molecule has 26 heavy (non-hydrogen) atoms. The van der Waals surface area contributed by atoms with Crippen LogP contribution in [0.5, 0.6) is 11.5 Å². The molecule has 0 fully saturated rings. The van der Waals surface area contributed by atoms with Crippen molar-refractivity contribution in [2.75, 3.05) is 20.8 Å². The van der Waals surface area contributed by atoms with Crippen LogP contribution in [0.2, 0.25) is 0 Å². The molecular weight excluding hydrogens is 328 g/mol. The Hall–Kier alpha value is -2.79. The Balaban J connectivity index is 2.11. The fraction of sp³-hybridized carbons (Fsp3) is 0.286. The highest BCUT2D eigenvalue weighted by Gasteiger charge is 2.18. The second-order valence-electron chi connectivity index (χ2n) is 5.86. The van der Waals surface area contributed by atoms with Crippen molar-refractivity contribution >= 4 is 0 Å². The average Bonchev–Trinajstić information content (AvgIpc) is 3.13. The van der Waals surface area contributed by atoms with Gasteiger partial charge in [-0.2, -0.15) is 0 Å². The summed E-state index contributed by atoms with van der Waals surface area (Å²) in [4.78, 5) is 4.68. The number of rotatable bonds is 7. The zero-order valence-corrected chi connectivity index (χ0v) is 15.6. The zero-order valence-electron chi connectivity index (χ0n) is 15.6. The first-order valence-electron chi connectivity index (χ1n) is 8.65. The lowest BCUT2D eigenvalue weighted by Crippen LogP contribution is -2.09. The molecule has 3 aromatic rings. The van der Waals surface area contributed by atoms with Crippen molar-refractivity contribution in [1.29, 1.82) is 0 Å². The highest BCUT2D eigenvalue weighted by Crippen LogP contribution is 2.34. The highest BCUT2D eigenvalue weighted by atomic mass is 16.5.